The summed E-state index contributed by atoms with van der Waals surface area (Å²) >= 11 is 0. The second-order valence-corrected chi connectivity index (χ2v) is 4.25. The Hall–Kier alpha value is -1.82. The fourth-order valence-electron chi connectivity index (χ4n) is 2.02. The lowest BCUT2D eigenvalue weighted by Crippen LogP contribution is -1.85. The van der Waals surface area contributed by atoms with Crippen molar-refractivity contribution < 1.29 is 0 Å². The number of hydrogen-bond donors (Lipinski definition) is 0. The zero-order chi connectivity index (χ0) is 12.1. The summed E-state index contributed by atoms with van der Waals surface area (Å²) in [6.45, 7) is 5.97. The summed E-state index contributed by atoms with van der Waals surface area (Å²) in [5, 5.41) is 0. The Morgan fingerprint density at radius 2 is 1.53 bits per heavy atom. The highest BCUT2D eigenvalue weighted by molar-refractivity contribution is 5.65. The van der Waals surface area contributed by atoms with Crippen molar-refractivity contribution in [2.45, 2.75) is 19.8 Å². The zero-order valence-corrected chi connectivity index (χ0v) is 10.3. The molecule has 86 valence electrons. The van der Waals surface area contributed by atoms with Crippen LogP contribution in [0, 0.1) is 0 Å². The molecular weight excluding hydrogens is 204 g/mol. The Morgan fingerprint density at radius 1 is 0.941 bits per heavy atom. The van der Waals surface area contributed by atoms with Crippen molar-refractivity contribution in [1.29, 1.82) is 0 Å². The SMILES string of the molecule is C=CCc1cccc(-c2cccc(CC)c2)c1. The molecule has 0 saturated heterocycles. The van der Waals surface area contributed by atoms with Gasteiger partial charge in [-0.1, -0.05) is 61.5 Å². The van der Waals surface area contributed by atoms with Crippen molar-refractivity contribution in [3.63, 3.8) is 0 Å². The lowest BCUT2D eigenvalue weighted by atomic mass is 9.99. The van der Waals surface area contributed by atoms with Gasteiger partial charge in [-0.05, 0) is 35.1 Å². The van der Waals surface area contributed by atoms with Crippen LogP contribution in [0.2, 0.25) is 0 Å². The van der Waals surface area contributed by atoms with Crippen molar-refractivity contribution >= 4 is 0 Å². The Labute approximate surface area is 104 Å². The number of benzene rings is 2. The maximum absolute atomic E-state index is 3.79. The fraction of sp³-hybridized carbons (Fsp3) is 0.176. The second kappa shape index (κ2) is 5.49. The van der Waals surface area contributed by atoms with Crippen LogP contribution in [0.25, 0.3) is 11.1 Å². The molecule has 0 spiro atoms. The van der Waals surface area contributed by atoms with E-state index in [0.29, 0.717) is 0 Å². The molecule has 0 heteroatoms. The second-order valence-electron chi connectivity index (χ2n) is 4.25. The van der Waals surface area contributed by atoms with Crippen LogP contribution < -0.4 is 0 Å². The lowest BCUT2D eigenvalue weighted by molar-refractivity contribution is 1.14. The minimum atomic E-state index is 0.932. The third-order valence-electron chi connectivity index (χ3n) is 2.98. The topological polar surface area (TPSA) is 0 Å². The summed E-state index contributed by atoms with van der Waals surface area (Å²) in [6, 6.07) is 17.4. The van der Waals surface area contributed by atoms with E-state index < -0.39 is 0 Å². The van der Waals surface area contributed by atoms with E-state index in [4.69, 9.17) is 0 Å². The molecule has 2 aromatic carbocycles. The molecule has 0 bridgehead atoms. The molecule has 0 fully saturated rings. The number of allylic oxidation sites excluding steroid dienone is 1. The minimum absolute atomic E-state index is 0.932. The average molecular weight is 222 g/mol. The first kappa shape index (κ1) is 11.7. The van der Waals surface area contributed by atoms with Crippen LogP contribution in [-0.4, -0.2) is 0 Å². The van der Waals surface area contributed by atoms with Crippen LogP contribution in [0.1, 0.15) is 18.1 Å². The maximum Gasteiger partial charge on any atom is -0.00999 e. The minimum Gasteiger partial charge on any atom is -0.103 e. The van der Waals surface area contributed by atoms with Crippen LogP contribution in [0.5, 0.6) is 0 Å². The van der Waals surface area contributed by atoms with Crippen LogP contribution in [0.3, 0.4) is 0 Å². The smallest absolute Gasteiger partial charge is 0.00999 e. The summed E-state index contributed by atoms with van der Waals surface area (Å²) in [5.74, 6) is 0. The van der Waals surface area contributed by atoms with Gasteiger partial charge in [0.1, 0.15) is 0 Å². The van der Waals surface area contributed by atoms with Gasteiger partial charge >= 0.3 is 0 Å². The molecule has 17 heavy (non-hydrogen) atoms. The molecule has 0 nitrogen and oxygen atoms in total. The summed E-state index contributed by atoms with van der Waals surface area (Å²) in [5.41, 5.74) is 5.30. The molecule has 0 aliphatic heterocycles. The van der Waals surface area contributed by atoms with Gasteiger partial charge in [-0.25, -0.2) is 0 Å². The van der Waals surface area contributed by atoms with E-state index in [0.717, 1.165) is 12.8 Å². The van der Waals surface area contributed by atoms with E-state index in [1.807, 2.05) is 6.08 Å². The molecule has 0 radical (unpaired) electrons. The van der Waals surface area contributed by atoms with Gasteiger partial charge in [0.15, 0.2) is 0 Å². The van der Waals surface area contributed by atoms with Crippen molar-refractivity contribution in [3.8, 4) is 11.1 Å². The highest BCUT2D eigenvalue weighted by atomic mass is 14.0. The summed E-state index contributed by atoms with van der Waals surface area (Å²) in [7, 11) is 0. The predicted molar refractivity (Wildman–Crippen MR) is 75.2 cm³/mol. The van der Waals surface area contributed by atoms with E-state index in [9.17, 15) is 0 Å². The highest BCUT2D eigenvalue weighted by Gasteiger charge is 1.99. The van der Waals surface area contributed by atoms with E-state index in [-0.39, 0.29) is 0 Å². The molecule has 0 atom stereocenters. The zero-order valence-electron chi connectivity index (χ0n) is 10.3. The van der Waals surface area contributed by atoms with Crippen molar-refractivity contribution in [1.82, 2.24) is 0 Å². The van der Waals surface area contributed by atoms with Crippen molar-refractivity contribution in [3.05, 3.63) is 72.3 Å². The molecular formula is C17H18. The van der Waals surface area contributed by atoms with Crippen molar-refractivity contribution in [2.75, 3.05) is 0 Å². The molecule has 0 aliphatic rings. The molecule has 0 N–H and O–H groups in total. The molecule has 2 rings (SSSR count). The predicted octanol–water partition coefficient (Wildman–Crippen LogP) is 4.64. The number of aryl methyl sites for hydroxylation is 1. The van der Waals surface area contributed by atoms with Crippen LogP contribution in [0.4, 0.5) is 0 Å². The fourth-order valence-corrected chi connectivity index (χ4v) is 2.02. The molecule has 0 aliphatic carbocycles. The van der Waals surface area contributed by atoms with Gasteiger partial charge in [-0.3, -0.25) is 0 Å². The summed E-state index contributed by atoms with van der Waals surface area (Å²) in [4.78, 5) is 0. The first-order chi connectivity index (χ1) is 8.33. The molecule has 0 amide bonds. The standard InChI is InChI=1S/C17H18/c1-3-7-15-9-6-11-17(13-15)16-10-5-8-14(4-2)12-16/h3,5-6,8-13H,1,4,7H2,2H3. The quantitative estimate of drug-likeness (QED) is 0.661. The number of hydrogen-bond acceptors (Lipinski definition) is 0. The van der Waals surface area contributed by atoms with Crippen molar-refractivity contribution in [2.24, 2.45) is 0 Å². The maximum atomic E-state index is 3.79. The Morgan fingerprint density at radius 3 is 2.12 bits per heavy atom. The van der Waals surface area contributed by atoms with Gasteiger partial charge < -0.3 is 0 Å². The van der Waals surface area contributed by atoms with Gasteiger partial charge in [0.25, 0.3) is 0 Å². The first-order valence-corrected chi connectivity index (χ1v) is 6.12. The monoisotopic (exact) mass is 222 g/mol. The third-order valence-corrected chi connectivity index (χ3v) is 2.98. The van der Waals surface area contributed by atoms with E-state index in [2.05, 4.69) is 62.0 Å². The Bertz CT molecular complexity index is 509. The lowest BCUT2D eigenvalue weighted by Gasteiger charge is -2.06. The Kier molecular flexibility index (Phi) is 3.77. The molecule has 2 aromatic rings. The average Bonchev–Trinajstić information content (AvgIpc) is 2.40. The Balaban J connectivity index is 2.37. The van der Waals surface area contributed by atoms with Gasteiger partial charge in [0.05, 0.1) is 0 Å². The van der Waals surface area contributed by atoms with Gasteiger partial charge in [0, 0.05) is 0 Å². The molecule has 0 saturated carbocycles. The summed E-state index contributed by atoms with van der Waals surface area (Å²) < 4.78 is 0. The number of rotatable bonds is 4. The van der Waals surface area contributed by atoms with Crippen LogP contribution >= 0.6 is 0 Å². The highest BCUT2D eigenvalue weighted by Crippen LogP contribution is 2.22. The van der Waals surface area contributed by atoms with E-state index >= 15 is 0 Å². The van der Waals surface area contributed by atoms with Crippen LogP contribution in [0.15, 0.2) is 61.2 Å². The van der Waals surface area contributed by atoms with E-state index in [1.54, 1.807) is 0 Å². The van der Waals surface area contributed by atoms with Gasteiger partial charge in [0.2, 0.25) is 0 Å². The third kappa shape index (κ3) is 2.85. The molecule has 0 heterocycles. The first-order valence-electron chi connectivity index (χ1n) is 6.12. The van der Waals surface area contributed by atoms with Gasteiger partial charge in [-0.15, -0.1) is 6.58 Å². The largest absolute Gasteiger partial charge is 0.103 e. The normalized spacial score (nSPS) is 10.2. The van der Waals surface area contributed by atoms with Gasteiger partial charge in [-0.2, -0.15) is 0 Å². The molecule has 0 unspecified atom stereocenters. The summed E-state index contributed by atoms with van der Waals surface area (Å²) in [6.07, 6.45) is 3.96. The van der Waals surface area contributed by atoms with Crippen LogP contribution in [-0.2, 0) is 12.8 Å². The molecule has 0 aromatic heterocycles. The van der Waals surface area contributed by atoms with E-state index in [1.165, 1.54) is 22.3 Å².